The molecule has 2 aliphatic rings. The van der Waals surface area contributed by atoms with Crippen molar-refractivity contribution < 1.29 is 22.7 Å². The van der Waals surface area contributed by atoms with Crippen molar-refractivity contribution in [2.75, 3.05) is 19.9 Å². The number of carbonyl (C=O) groups is 1. The van der Waals surface area contributed by atoms with Gasteiger partial charge in [0, 0.05) is 24.1 Å². The first-order valence-electron chi connectivity index (χ1n) is 9.35. The first kappa shape index (κ1) is 20.2. The van der Waals surface area contributed by atoms with E-state index in [-0.39, 0.29) is 30.1 Å². The molecule has 0 saturated carbocycles. The predicted molar refractivity (Wildman–Crippen MR) is 110 cm³/mol. The van der Waals surface area contributed by atoms with Crippen molar-refractivity contribution in [1.29, 1.82) is 0 Å². The van der Waals surface area contributed by atoms with Crippen molar-refractivity contribution in [3.8, 4) is 11.5 Å². The zero-order valence-corrected chi connectivity index (χ0v) is 18.0. The van der Waals surface area contributed by atoms with Gasteiger partial charge in [-0.3, -0.25) is 4.79 Å². The van der Waals surface area contributed by atoms with Crippen LogP contribution in [0.4, 0.5) is 0 Å². The van der Waals surface area contributed by atoms with Crippen LogP contribution in [-0.4, -0.2) is 38.5 Å². The molecule has 9 heteroatoms. The fourth-order valence-corrected chi connectivity index (χ4v) is 5.30. The highest BCUT2D eigenvalue weighted by atomic mass is 79.9. The van der Waals surface area contributed by atoms with Crippen molar-refractivity contribution in [3.63, 3.8) is 0 Å². The largest absolute Gasteiger partial charge is 0.454 e. The summed E-state index contributed by atoms with van der Waals surface area (Å²) in [5.41, 5.74) is 0.901. The van der Waals surface area contributed by atoms with Gasteiger partial charge in [0.05, 0.1) is 10.8 Å². The highest BCUT2D eigenvalue weighted by Gasteiger charge is 2.33. The zero-order chi connectivity index (χ0) is 20.4. The molecule has 0 bridgehead atoms. The molecule has 0 aromatic heterocycles. The molecule has 4 rings (SSSR count). The fourth-order valence-electron chi connectivity index (χ4n) is 3.51. The van der Waals surface area contributed by atoms with Crippen molar-refractivity contribution in [2.45, 2.75) is 24.3 Å². The van der Waals surface area contributed by atoms with E-state index >= 15 is 0 Å². The second-order valence-corrected chi connectivity index (χ2v) is 9.92. The first-order valence-corrected chi connectivity index (χ1v) is 11.6. The van der Waals surface area contributed by atoms with Crippen LogP contribution in [0.15, 0.2) is 51.8 Å². The molecule has 29 heavy (non-hydrogen) atoms. The second-order valence-electron chi connectivity index (χ2n) is 7.06. The van der Waals surface area contributed by atoms with Crippen molar-refractivity contribution >= 4 is 31.9 Å². The smallest absolute Gasteiger partial charge is 0.243 e. The molecule has 1 N–H and O–H groups in total. The number of halogens is 1. The molecule has 2 aromatic rings. The zero-order valence-electron chi connectivity index (χ0n) is 15.6. The van der Waals surface area contributed by atoms with Crippen LogP contribution in [-0.2, 0) is 21.4 Å². The highest BCUT2D eigenvalue weighted by Crippen LogP contribution is 2.32. The van der Waals surface area contributed by atoms with E-state index in [0.29, 0.717) is 37.4 Å². The standard InChI is InChI=1S/C20H21BrN2O5S/c21-16-4-6-17(7-5-16)29(25,26)23-9-1-2-15(12-23)20(24)22-11-14-3-8-18-19(10-14)28-13-27-18/h3-8,10,15H,1-2,9,11-13H2,(H,22,24). The normalized spacial score (nSPS) is 19.1. The van der Waals surface area contributed by atoms with E-state index in [0.717, 1.165) is 10.0 Å². The Morgan fingerprint density at radius 1 is 1.14 bits per heavy atom. The van der Waals surface area contributed by atoms with Crippen molar-refractivity contribution in [1.82, 2.24) is 9.62 Å². The monoisotopic (exact) mass is 480 g/mol. The summed E-state index contributed by atoms with van der Waals surface area (Å²) in [6.07, 6.45) is 1.32. The van der Waals surface area contributed by atoms with Crippen molar-refractivity contribution in [2.24, 2.45) is 5.92 Å². The Morgan fingerprint density at radius 2 is 1.90 bits per heavy atom. The molecule has 7 nitrogen and oxygen atoms in total. The Balaban J connectivity index is 1.38. The van der Waals surface area contributed by atoms with Gasteiger partial charge in [0.2, 0.25) is 22.7 Å². The van der Waals surface area contributed by atoms with Gasteiger partial charge >= 0.3 is 0 Å². The van der Waals surface area contributed by atoms with E-state index in [9.17, 15) is 13.2 Å². The molecule has 0 aliphatic carbocycles. The lowest BCUT2D eigenvalue weighted by molar-refractivity contribution is -0.126. The van der Waals surface area contributed by atoms with Gasteiger partial charge in [0.25, 0.3) is 0 Å². The molecule has 154 valence electrons. The number of amides is 1. The van der Waals surface area contributed by atoms with Crippen LogP contribution in [0.25, 0.3) is 0 Å². The van der Waals surface area contributed by atoms with Gasteiger partial charge in [-0.1, -0.05) is 22.0 Å². The van der Waals surface area contributed by atoms with Gasteiger partial charge in [-0.05, 0) is 54.8 Å². The summed E-state index contributed by atoms with van der Waals surface area (Å²) >= 11 is 3.31. The Hall–Kier alpha value is -2.10. The minimum Gasteiger partial charge on any atom is -0.454 e. The average Bonchev–Trinajstić information content (AvgIpc) is 3.20. The third-order valence-corrected chi connectivity index (χ3v) is 7.52. The minimum absolute atomic E-state index is 0.140. The Bertz CT molecular complexity index is 1010. The van der Waals surface area contributed by atoms with Gasteiger partial charge < -0.3 is 14.8 Å². The number of hydrogen-bond donors (Lipinski definition) is 1. The molecule has 2 aliphatic heterocycles. The van der Waals surface area contributed by atoms with E-state index in [1.807, 2.05) is 18.2 Å². The predicted octanol–water partition coefficient (Wildman–Crippen LogP) is 2.89. The number of nitrogens with zero attached hydrogens (tertiary/aromatic N) is 1. The summed E-state index contributed by atoms with van der Waals surface area (Å²) in [5, 5.41) is 2.92. The maximum absolute atomic E-state index is 12.9. The summed E-state index contributed by atoms with van der Waals surface area (Å²) in [4.78, 5) is 12.9. The average molecular weight is 481 g/mol. The molecule has 2 aromatic carbocycles. The van der Waals surface area contributed by atoms with Crippen LogP contribution in [0.1, 0.15) is 18.4 Å². The van der Waals surface area contributed by atoms with Gasteiger partial charge in [-0.15, -0.1) is 0 Å². The Labute approximate surface area is 178 Å². The summed E-state index contributed by atoms with van der Waals surface area (Å²) in [6.45, 7) is 1.16. The lowest BCUT2D eigenvalue weighted by Crippen LogP contribution is -2.45. The molecular formula is C20H21BrN2O5S. The Morgan fingerprint density at radius 3 is 2.69 bits per heavy atom. The van der Waals surface area contributed by atoms with Crippen LogP contribution >= 0.6 is 15.9 Å². The van der Waals surface area contributed by atoms with Gasteiger partial charge in [0.15, 0.2) is 11.5 Å². The van der Waals surface area contributed by atoms with Crippen LogP contribution in [0, 0.1) is 5.92 Å². The van der Waals surface area contributed by atoms with E-state index < -0.39 is 10.0 Å². The number of sulfonamides is 1. The summed E-state index contributed by atoms with van der Waals surface area (Å²) in [7, 11) is -3.62. The number of fused-ring (bicyclic) bond motifs is 1. The van der Waals surface area contributed by atoms with Crippen LogP contribution in [0.3, 0.4) is 0 Å². The van der Waals surface area contributed by atoms with Crippen molar-refractivity contribution in [3.05, 3.63) is 52.5 Å². The molecule has 1 saturated heterocycles. The third kappa shape index (κ3) is 4.41. The summed E-state index contributed by atoms with van der Waals surface area (Å²) < 4.78 is 38.7. The maximum Gasteiger partial charge on any atom is 0.243 e. The molecule has 1 atom stereocenters. The number of rotatable bonds is 5. The molecule has 1 unspecified atom stereocenters. The van der Waals surface area contributed by atoms with E-state index in [1.165, 1.54) is 4.31 Å². The number of ether oxygens (including phenoxy) is 2. The van der Waals surface area contributed by atoms with Crippen LogP contribution < -0.4 is 14.8 Å². The second kappa shape index (κ2) is 8.33. The van der Waals surface area contributed by atoms with Gasteiger partial charge in [-0.25, -0.2) is 8.42 Å². The van der Waals surface area contributed by atoms with E-state index in [4.69, 9.17) is 9.47 Å². The lowest BCUT2D eigenvalue weighted by Gasteiger charge is -2.31. The lowest BCUT2D eigenvalue weighted by atomic mass is 9.98. The summed E-state index contributed by atoms with van der Waals surface area (Å²) in [6, 6.07) is 12.1. The summed E-state index contributed by atoms with van der Waals surface area (Å²) in [5.74, 6) is 0.851. The number of carbonyl (C=O) groups excluding carboxylic acids is 1. The molecule has 1 fully saturated rings. The fraction of sp³-hybridized carbons (Fsp3) is 0.350. The number of hydrogen-bond acceptors (Lipinski definition) is 5. The molecular weight excluding hydrogens is 460 g/mol. The highest BCUT2D eigenvalue weighted by molar-refractivity contribution is 9.10. The minimum atomic E-state index is -3.62. The molecule has 0 spiro atoms. The third-order valence-electron chi connectivity index (χ3n) is 5.11. The quantitative estimate of drug-likeness (QED) is 0.710. The van der Waals surface area contributed by atoms with E-state index in [1.54, 1.807) is 24.3 Å². The van der Waals surface area contributed by atoms with Crippen LogP contribution in [0.2, 0.25) is 0 Å². The molecule has 1 amide bonds. The molecule has 0 radical (unpaired) electrons. The number of piperidine rings is 1. The van der Waals surface area contributed by atoms with E-state index in [2.05, 4.69) is 21.2 Å². The maximum atomic E-state index is 12.9. The SMILES string of the molecule is O=C(NCc1ccc2c(c1)OCO2)C1CCCN(S(=O)(=O)c2ccc(Br)cc2)C1. The van der Waals surface area contributed by atoms with Gasteiger partial charge in [-0.2, -0.15) is 4.31 Å². The first-order chi connectivity index (χ1) is 13.9. The van der Waals surface area contributed by atoms with Crippen LogP contribution in [0.5, 0.6) is 11.5 Å². The number of benzene rings is 2. The molecule has 2 heterocycles. The van der Waals surface area contributed by atoms with Gasteiger partial charge in [0.1, 0.15) is 0 Å². The Kier molecular flexibility index (Phi) is 5.80. The number of nitrogens with one attached hydrogen (secondary N) is 1. The topological polar surface area (TPSA) is 84.9 Å².